The standard InChI is InChI=1S/C48H30O/c1-3-14-31(15-4-1)33-26-27-42-45(30-33)49-44-25-13-24-43(48(42)44)47-39-22-11-9-20-37(39)46(38-21-10-12-23-40(38)47)41-29-28-34(32-16-5-2-6-17-32)35-18-7-8-19-36(35)41/h1-30H/i1D,3D,4D,7D,8D,14D,15D,18D,19D,28D,29D. The summed E-state index contributed by atoms with van der Waals surface area (Å²) in [5.41, 5.74) is 4.89. The third kappa shape index (κ3) is 4.33. The molecular formula is C48H30O. The van der Waals surface area contributed by atoms with Crippen LogP contribution in [0.4, 0.5) is 0 Å². The topological polar surface area (TPSA) is 13.1 Å². The molecule has 1 nitrogen and oxygen atoms in total. The SMILES string of the molecule is [2H]c1c([2H])c([2H])c(-c2ccc3c(c2)oc2cccc(-c4c5ccccc5c(-c5c([2H])c([2H])c(-c6ccccc6)c6c([2H])c([2H])c([2H])c([2H])c56)c5ccccc45)c23)c([2H])c1[2H]. The van der Waals surface area contributed by atoms with Crippen LogP contribution in [0.3, 0.4) is 0 Å². The van der Waals surface area contributed by atoms with Crippen LogP contribution in [-0.2, 0) is 0 Å². The van der Waals surface area contributed by atoms with Crippen LogP contribution >= 0.6 is 0 Å². The minimum atomic E-state index is -0.463. The Bertz CT molecular complexity index is 3420. The number of rotatable bonds is 4. The van der Waals surface area contributed by atoms with Crippen LogP contribution in [0.2, 0.25) is 0 Å². The van der Waals surface area contributed by atoms with Gasteiger partial charge in [0.1, 0.15) is 11.2 Å². The quantitative estimate of drug-likeness (QED) is 0.176. The van der Waals surface area contributed by atoms with Crippen LogP contribution in [0.1, 0.15) is 15.1 Å². The monoisotopic (exact) mass is 633 g/mol. The van der Waals surface area contributed by atoms with Crippen molar-refractivity contribution in [2.24, 2.45) is 0 Å². The minimum absolute atomic E-state index is 0.0787. The zero-order valence-corrected chi connectivity index (χ0v) is 25.9. The van der Waals surface area contributed by atoms with E-state index >= 15 is 0 Å². The van der Waals surface area contributed by atoms with Gasteiger partial charge in [0.05, 0.1) is 15.1 Å². The second kappa shape index (κ2) is 11.1. The molecule has 1 aromatic heterocycles. The zero-order valence-electron chi connectivity index (χ0n) is 36.9. The van der Waals surface area contributed by atoms with Gasteiger partial charge in [-0.1, -0.05) is 164 Å². The smallest absolute Gasteiger partial charge is 0.136 e. The van der Waals surface area contributed by atoms with Gasteiger partial charge in [0.2, 0.25) is 0 Å². The fraction of sp³-hybridized carbons (Fsp3) is 0. The molecule has 0 amide bonds. The van der Waals surface area contributed by atoms with Crippen LogP contribution in [0, 0.1) is 0 Å². The van der Waals surface area contributed by atoms with Crippen molar-refractivity contribution in [2.45, 2.75) is 0 Å². The average molecular weight is 634 g/mol. The first-order chi connectivity index (χ1) is 28.9. The fourth-order valence-electron chi connectivity index (χ4n) is 7.22. The first-order valence-corrected chi connectivity index (χ1v) is 16.0. The highest BCUT2D eigenvalue weighted by Gasteiger charge is 2.21. The Morgan fingerprint density at radius 1 is 0.347 bits per heavy atom. The molecule has 0 bridgehead atoms. The highest BCUT2D eigenvalue weighted by molar-refractivity contribution is 6.27. The van der Waals surface area contributed by atoms with Gasteiger partial charge in [0.25, 0.3) is 0 Å². The molecule has 0 aliphatic rings. The predicted molar refractivity (Wildman–Crippen MR) is 208 cm³/mol. The summed E-state index contributed by atoms with van der Waals surface area (Å²) >= 11 is 0. The van der Waals surface area contributed by atoms with Crippen molar-refractivity contribution in [3.05, 3.63) is 182 Å². The molecule has 1 heteroatoms. The molecular weight excluding hydrogens is 593 g/mol. The van der Waals surface area contributed by atoms with Gasteiger partial charge in [-0.05, 0) is 95.0 Å². The summed E-state index contributed by atoms with van der Waals surface area (Å²) in [4.78, 5) is 0. The Balaban J connectivity index is 1.31. The predicted octanol–water partition coefficient (Wildman–Crippen LogP) is 13.7. The normalized spacial score (nSPS) is 14.8. The maximum absolute atomic E-state index is 9.68. The molecule has 1 heterocycles. The van der Waals surface area contributed by atoms with Crippen LogP contribution in [-0.4, -0.2) is 0 Å². The Morgan fingerprint density at radius 3 is 1.63 bits per heavy atom. The van der Waals surface area contributed by atoms with Crippen molar-refractivity contribution >= 4 is 54.3 Å². The van der Waals surface area contributed by atoms with Crippen molar-refractivity contribution in [3.8, 4) is 44.5 Å². The van der Waals surface area contributed by atoms with Gasteiger partial charge in [-0.25, -0.2) is 0 Å². The van der Waals surface area contributed by atoms with E-state index in [1.165, 1.54) is 0 Å². The van der Waals surface area contributed by atoms with Crippen molar-refractivity contribution in [1.82, 2.24) is 0 Å². The molecule has 0 aliphatic carbocycles. The third-order valence-corrected chi connectivity index (χ3v) is 9.30. The number of hydrogen-bond acceptors (Lipinski definition) is 1. The lowest BCUT2D eigenvalue weighted by Gasteiger charge is -2.20. The van der Waals surface area contributed by atoms with E-state index in [1.807, 2.05) is 78.9 Å². The summed E-state index contributed by atoms with van der Waals surface area (Å²) in [7, 11) is 0. The number of fused-ring (bicyclic) bond motifs is 6. The van der Waals surface area contributed by atoms with Gasteiger partial charge < -0.3 is 4.42 Å². The molecule has 10 rings (SSSR count). The third-order valence-electron chi connectivity index (χ3n) is 9.30. The Hall–Kier alpha value is -6.44. The fourth-order valence-corrected chi connectivity index (χ4v) is 7.22. The van der Waals surface area contributed by atoms with E-state index in [9.17, 15) is 4.11 Å². The lowest BCUT2D eigenvalue weighted by atomic mass is 9.83. The summed E-state index contributed by atoms with van der Waals surface area (Å²) in [5.74, 6) is 0. The van der Waals surface area contributed by atoms with Gasteiger partial charge in [-0.2, -0.15) is 0 Å². The van der Waals surface area contributed by atoms with E-state index in [1.54, 1.807) is 36.4 Å². The van der Waals surface area contributed by atoms with Crippen molar-refractivity contribution in [1.29, 1.82) is 0 Å². The lowest BCUT2D eigenvalue weighted by molar-refractivity contribution is 0.669. The van der Waals surface area contributed by atoms with Gasteiger partial charge in [0, 0.05) is 10.8 Å². The molecule has 0 saturated heterocycles. The number of hydrogen-bond donors (Lipinski definition) is 0. The summed E-state index contributed by atoms with van der Waals surface area (Å²) in [5, 5.41) is 4.93. The molecule has 0 unspecified atom stereocenters. The van der Waals surface area contributed by atoms with E-state index in [0.717, 1.165) is 32.7 Å². The number of benzene rings is 9. The lowest BCUT2D eigenvalue weighted by Crippen LogP contribution is -1.92. The molecule has 0 spiro atoms. The molecule has 0 atom stereocenters. The molecule has 0 aliphatic heterocycles. The van der Waals surface area contributed by atoms with E-state index in [2.05, 4.69) is 0 Å². The van der Waals surface area contributed by atoms with Crippen LogP contribution in [0.15, 0.2) is 186 Å². The minimum Gasteiger partial charge on any atom is -0.456 e. The largest absolute Gasteiger partial charge is 0.456 e. The second-order valence-electron chi connectivity index (χ2n) is 11.9. The first kappa shape index (κ1) is 18.8. The van der Waals surface area contributed by atoms with Crippen molar-refractivity contribution < 1.29 is 19.5 Å². The molecule has 9 aromatic carbocycles. The van der Waals surface area contributed by atoms with Crippen molar-refractivity contribution in [2.75, 3.05) is 0 Å². The molecule has 0 fully saturated rings. The molecule has 0 N–H and O–H groups in total. The van der Waals surface area contributed by atoms with E-state index < -0.39 is 30.2 Å². The van der Waals surface area contributed by atoms with Crippen molar-refractivity contribution in [3.63, 3.8) is 0 Å². The van der Waals surface area contributed by atoms with Gasteiger partial charge >= 0.3 is 0 Å². The first-order valence-electron chi connectivity index (χ1n) is 21.5. The Morgan fingerprint density at radius 2 is 0.939 bits per heavy atom. The average Bonchev–Trinajstić information content (AvgIpc) is 3.65. The summed E-state index contributed by atoms with van der Waals surface area (Å²) in [6, 6.07) is 31.9. The Labute approximate surface area is 299 Å². The molecule has 10 aromatic rings. The highest BCUT2D eigenvalue weighted by atomic mass is 16.3. The Kier molecular flexibility index (Phi) is 4.25. The summed E-state index contributed by atoms with van der Waals surface area (Å²) in [6.07, 6.45) is 0. The van der Waals surface area contributed by atoms with Gasteiger partial charge in [0.15, 0.2) is 0 Å². The highest BCUT2D eigenvalue weighted by Crippen LogP contribution is 2.48. The molecule has 49 heavy (non-hydrogen) atoms. The maximum atomic E-state index is 9.68. The van der Waals surface area contributed by atoms with Gasteiger partial charge in [-0.15, -0.1) is 0 Å². The molecule has 0 radical (unpaired) electrons. The van der Waals surface area contributed by atoms with E-state index in [4.69, 9.17) is 15.4 Å². The van der Waals surface area contributed by atoms with Crippen LogP contribution in [0.5, 0.6) is 0 Å². The molecule has 228 valence electrons. The maximum Gasteiger partial charge on any atom is 0.136 e. The zero-order chi connectivity index (χ0) is 41.9. The van der Waals surface area contributed by atoms with E-state index in [-0.39, 0.29) is 63.7 Å². The number of furan rings is 1. The molecule has 0 saturated carbocycles. The van der Waals surface area contributed by atoms with Gasteiger partial charge in [-0.3, -0.25) is 0 Å². The van der Waals surface area contributed by atoms with Crippen LogP contribution < -0.4 is 0 Å². The summed E-state index contributed by atoms with van der Waals surface area (Å²) < 4.78 is 103. The van der Waals surface area contributed by atoms with Crippen LogP contribution in [0.25, 0.3) is 98.8 Å². The van der Waals surface area contributed by atoms with E-state index in [0.29, 0.717) is 38.6 Å². The second-order valence-corrected chi connectivity index (χ2v) is 11.9. The summed E-state index contributed by atoms with van der Waals surface area (Å²) in [6.45, 7) is 0.